The van der Waals surface area contributed by atoms with Gasteiger partial charge in [-0.1, -0.05) is 72.8 Å². The lowest BCUT2D eigenvalue weighted by atomic mass is 9.90. The molecule has 1 aliphatic rings. The highest BCUT2D eigenvalue weighted by atomic mass is 16.3. The number of fused-ring (bicyclic) bond motifs is 1. The van der Waals surface area contributed by atoms with Crippen molar-refractivity contribution in [3.63, 3.8) is 0 Å². The van der Waals surface area contributed by atoms with Crippen LogP contribution < -0.4 is 0 Å². The second-order valence-electron chi connectivity index (χ2n) is 7.16. The fourth-order valence-electron chi connectivity index (χ4n) is 4.44. The van der Waals surface area contributed by atoms with Crippen LogP contribution in [0.15, 0.2) is 92.0 Å². The molecule has 2 heteroatoms. The third-order valence-corrected chi connectivity index (χ3v) is 5.70. The van der Waals surface area contributed by atoms with Gasteiger partial charge in [0.2, 0.25) is 0 Å². The van der Waals surface area contributed by atoms with Crippen molar-refractivity contribution in [2.45, 2.75) is 31.0 Å². The molecule has 0 bridgehead atoms. The number of hydrogen-bond donors (Lipinski definition) is 1. The average Bonchev–Trinajstić information content (AvgIpc) is 3.13. The Kier molecular flexibility index (Phi) is 4.83. The topological polar surface area (TPSA) is 23.5 Å². The van der Waals surface area contributed by atoms with Crippen LogP contribution in [0.25, 0.3) is 10.8 Å². The molecular weight excluding hydrogens is 330 g/mol. The summed E-state index contributed by atoms with van der Waals surface area (Å²) < 4.78 is 0. The van der Waals surface area contributed by atoms with E-state index in [-0.39, 0.29) is 18.1 Å². The fourth-order valence-corrected chi connectivity index (χ4v) is 4.44. The Morgan fingerprint density at radius 1 is 0.852 bits per heavy atom. The third-order valence-electron chi connectivity index (χ3n) is 5.70. The normalized spacial score (nSPS) is 21.2. The summed E-state index contributed by atoms with van der Waals surface area (Å²) in [5, 5.41) is 13.2. The molecule has 1 unspecified atom stereocenters. The number of phenols is 1. The SMILES string of the molecule is C=CC1CC[C@H](C=C)N1[C@@H](c1ccccc1)c1c(O)ccc2ccccc12. The first-order valence-corrected chi connectivity index (χ1v) is 9.52. The maximum Gasteiger partial charge on any atom is 0.121 e. The standard InChI is InChI=1S/C25H25NO/c1-3-20-15-16-21(4-2)26(20)25(19-11-6-5-7-12-19)24-22-13-9-8-10-18(22)14-17-23(24)27/h3-14,17,20-21,25,27H,1-2,15-16H2/t20-,21?,25-/m0/s1. The van der Waals surface area contributed by atoms with Gasteiger partial charge in [-0.25, -0.2) is 0 Å². The summed E-state index contributed by atoms with van der Waals surface area (Å²) in [7, 11) is 0. The molecule has 3 aromatic carbocycles. The van der Waals surface area contributed by atoms with Gasteiger partial charge >= 0.3 is 0 Å². The van der Waals surface area contributed by atoms with Gasteiger partial charge in [0, 0.05) is 17.6 Å². The number of benzene rings is 3. The minimum Gasteiger partial charge on any atom is -0.508 e. The van der Waals surface area contributed by atoms with E-state index in [9.17, 15) is 5.11 Å². The van der Waals surface area contributed by atoms with Gasteiger partial charge in [-0.3, -0.25) is 4.90 Å². The lowest BCUT2D eigenvalue weighted by Crippen LogP contribution is -2.38. The van der Waals surface area contributed by atoms with Gasteiger partial charge in [0.15, 0.2) is 0 Å². The second-order valence-corrected chi connectivity index (χ2v) is 7.16. The van der Waals surface area contributed by atoms with E-state index in [1.807, 2.05) is 42.5 Å². The summed E-state index contributed by atoms with van der Waals surface area (Å²) in [5.41, 5.74) is 2.13. The van der Waals surface area contributed by atoms with Crippen molar-refractivity contribution in [3.05, 3.63) is 103 Å². The fraction of sp³-hybridized carbons (Fsp3) is 0.200. The second kappa shape index (κ2) is 7.42. The van der Waals surface area contributed by atoms with Crippen LogP contribution >= 0.6 is 0 Å². The highest BCUT2D eigenvalue weighted by Gasteiger charge is 2.38. The number of likely N-dealkylation sites (tertiary alicyclic amines) is 1. The Balaban J connectivity index is 1.99. The van der Waals surface area contributed by atoms with Gasteiger partial charge in [0.05, 0.1) is 6.04 Å². The van der Waals surface area contributed by atoms with Crippen LogP contribution in [-0.4, -0.2) is 22.1 Å². The molecule has 0 aliphatic carbocycles. The molecule has 27 heavy (non-hydrogen) atoms. The van der Waals surface area contributed by atoms with Gasteiger partial charge in [-0.15, -0.1) is 13.2 Å². The van der Waals surface area contributed by atoms with Crippen molar-refractivity contribution in [2.24, 2.45) is 0 Å². The van der Waals surface area contributed by atoms with E-state index in [1.165, 1.54) is 5.56 Å². The summed E-state index contributed by atoms with van der Waals surface area (Å²) in [6.07, 6.45) is 6.16. The molecule has 0 spiro atoms. The maximum atomic E-state index is 10.9. The molecule has 0 amide bonds. The van der Waals surface area contributed by atoms with Crippen molar-refractivity contribution in [3.8, 4) is 5.75 Å². The van der Waals surface area contributed by atoms with E-state index in [1.54, 1.807) is 0 Å². The van der Waals surface area contributed by atoms with E-state index in [2.05, 4.69) is 54.5 Å². The zero-order valence-electron chi connectivity index (χ0n) is 15.5. The van der Waals surface area contributed by atoms with Gasteiger partial charge in [-0.2, -0.15) is 0 Å². The molecule has 1 heterocycles. The van der Waals surface area contributed by atoms with Gasteiger partial charge < -0.3 is 5.11 Å². The van der Waals surface area contributed by atoms with Gasteiger partial charge in [-0.05, 0) is 35.2 Å². The third kappa shape index (κ3) is 3.07. The van der Waals surface area contributed by atoms with Crippen LogP contribution in [0.5, 0.6) is 5.75 Å². The summed E-state index contributed by atoms with van der Waals surface area (Å²) in [6.45, 7) is 8.16. The van der Waals surface area contributed by atoms with Crippen LogP contribution in [0, 0.1) is 0 Å². The lowest BCUT2D eigenvalue weighted by Gasteiger charge is -2.37. The van der Waals surface area contributed by atoms with Crippen LogP contribution in [0.1, 0.15) is 30.0 Å². The van der Waals surface area contributed by atoms with E-state index in [4.69, 9.17) is 0 Å². The van der Waals surface area contributed by atoms with Crippen molar-refractivity contribution >= 4 is 10.8 Å². The Labute approximate surface area is 161 Å². The predicted molar refractivity (Wildman–Crippen MR) is 113 cm³/mol. The molecule has 1 fully saturated rings. The van der Waals surface area contributed by atoms with Gasteiger partial charge in [0.25, 0.3) is 0 Å². The van der Waals surface area contributed by atoms with Crippen LogP contribution in [0.4, 0.5) is 0 Å². The van der Waals surface area contributed by atoms with Crippen molar-refractivity contribution < 1.29 is 5.11 Å². The zero-order valence-corrected chi connectivity index (χ0v) is 15.5. The molecule has 0 aromatic heterocycles. The molecule has 136 valence electrons. The lowest BCUT2D eigenvalue weighted by molar-refractivity contribution is 0.198. The average molecular weight is 355 g/mol. The number of nitrogens with zero attached hydrogens (tertiary/aromatic N) is 1. The first-order valence-electron chi connectivity index (χ1n) is 9.52. The maximum absolute atomic E-state index is 10.9. The summed E-state index contributed by atoms with van der Waals surface area (Å²) in [5.74, 6) is 0.333. The molecule has 3 aromatic rings. The van der Waals surface area contributed by atoms with Crippen molar-refractivity contribution in [1.82, 2.24) is 4.90 Å². The van der Waals surface area contributed by atoms with Crippen LogP contribution in [-0.2, 0) is 0 Å². The Bertz CT molecular complexity index is 946. The molecule has 2 nitrogen and oxygen atoms in total. The zero-order chi connectivity index (χ0) is 18.8. The number of aromatic hydroxyl groups is 1. The van der Waals surface area contributed by atoms with Crippen LogP contribution in [0.3, 0.4) is 0 Å². The van der Waals surface area contributed by atoms with Crippen LogP contribution in [0.2, 0.25) is 0 Å². The summed E-state index contributed by atoms with van der Waals surface area (Å²) in [4.78, 5) is 2.46. The molecule has 1 aliphatic heterocycles. The highest BCUT2D eigenvalue weighted by Crippen LogP contribution is 2.44. The first kappa shape index (κ1) is 17.6. The summed E-state index contributed by atoms with van der Waals surface area (Å²) >= 11 is 0. The predicted octanol–water partition coefficient (Wildman–Crippen LogP) is 5.84. The van der Waals surface area contributed by atoms with Crippen molar-refractivity contribution in [2.75, 3.05) is 0 Å². The minimum atomic E-state index is -0.0641. The molecule has 1 N–H and O–H groups in total. The molecule has 0 radical (unpaired) electrons. The smallest absolute Gasteiger partial charge is 0.121 e. The van der Waals surface area contributed by atoms with Crippen molar-refractivity contribution in [1.29, 1.82) is 0 Å². The van der Waals surface area contributed by atoms with Gasteiger partial charge in [0.1, 0.15) is 5.75 Å². The van der Waals surface area contributed by atoms with E-state index in [0.29, 0.717) is 5.75 Å². The minimum absolute atomic E-state index is 0.0641. The monoisotopic (exact) mass is 355 g/mol. The first-order chi connectivity index (χ1) is 13.2. The molecule has 4 rings (SSSR count). The molecule has 0 saturated carbocycles. The van der Waals surface area contributed by atoms with E-state index < -0.39 is 0 Å². The largest absolute Gasteiger partial charge is 0.508 e. The Hall–Kier alpha value is -2.84. The molecular formula is C25H25NO. The Morgan fingerprint density at radius 2 is 1.48 bits per heavy atom. The van der Waals surface area contributed by atoms with E-state index >= 15 is 0 Å². The Morgan fingerprint density at radius 3 is 2.15 bits per heavy atom. The molecule has 1 saturated heterocycles. The highest BCUT2D eigenvalue weighted by molar-refractivity contribution is 5.88. The number of rotatable bonds is 5. The van der Waals surface area contributed by atoms with E-state index in [0.717, 1.165) is 29.2 Å². The summed E-state index contributed by atoms with van der Waals surface area (Å²) in [6, 6.07) is 22.9. The quantitative estimate of drug-likeness (QED) is 0.581. The number of phenolic OH excluding ortho intramolecular Hbond substituents is 1. The molecule has 3 atom stereocenters. The number of hydrogen-bond acceptors (Lipinski definition) is 2.